The van der Waals surface area contributed by atoms with Crippen molar-refractivity contribution in [2.75, 3.05) is 0 Å². The topological polar surface area (TPSA) is 36.3 Å². The molecule has 1 aliphatic heterocycles. The first-order valence-electron chi connectivity index (χ1n) is 11.0. The van der Waals surface area contributed by atoms with Gasteiger partial charge in [0.1, 0.15) is 0 Å². The Morgan fingerprint density at radius 3 is 2.29 bits per heavy atom. The molecule has 1 aliphatic rings. The van der Waals surface area contributed by atoms with Gasteiger partial charge in [0.05, 0.1) is 30.7 Å². The summed E-state index contributed by atoms with van der Waals surface area (Å²) in [6.07, 6.45) is -0.498. The lowest BCUT2D eigenvalue weighted by Crippen LogP contribution is -2.41. The van der Waals surface area contributed by atoms with E-state index in [1.807, 2.05) is 27.7 Å². The van der Waals surface area contributed by atoms with E-state index in [4.69, 9.17) is 21.6 Å². The monoisotopic (exact) mass is 293 g/mol. The van der Waals surface area contributed by atoms with Crippen LogP contribution in [-0.4, -0.2) is 28.1 Å². The maximum absolute atomic E-state index is 8.24. The van der Waals surface area contributed by atoms with Gasteiger partial charge in [0.25, 0.3) is 0 Å². The molecule has 0 bridgehead atoms. The Kier molecular flexibility index (Phi) is 1.60. The largest absolute Gasteiger partial charge is 0.516 e. The van der Waals surface area contributed by atoms with Crippen molar-refractivity contribution in [2.45, 2.75) is 45.7 Å². The third-order valence-corrected chi connectivity index (χ3v) is 3.80. The Bertz CT molecular complexity index is 988. The highest BCUT2D eigenvalue weighted by Gasteiger charge is 2.52. The molecule has 110 valence electrons. The van der Waals surface area contributed by atoms with Crippen molar-refractivity contribution < 1.29 is 21.6 Å². The van der Waals surface area contributed by atoms with Gasteiger partial charge in [0, 0.05) is 10.3 Å². The van der Waals surface area contributed by atoms with Crippen LogP contribution in [0.2, 0.25) is 0 Å². The van der Waals surface area contributed by atoms with E-state index in [0.29, 0.717) is 0 Å². The zero-order chi connectivity index (χ0) is 23.0. The van der Waals surface area contributed by atoms with E-state index in [-0.39, 0.29) is 11.6 Å². The number of nitrogens with zero attached hydrogens (tertiary/aromatic N) is 2. The molecule has 0 amide bonds. The van der Waals surface area contributed by atoms with E-state index < -0.39 is 66.8 Å². The fourth-order valence-electron chi connectivity index (χ4n) is 1.85. The normalized spacial score (nSPS) is 26.7. The first-order valence-corrected chi connectivity index (χ1v) is 6.54. The van der Waals surface area contributed by atoms with Gasteiger partial charge in [-0.3, -0.25) is 0 Å². The number of benzene rings is 1. The average Bonchev–Trinajstić information content (AvgIpc) is 2.98. The minimum Gasteiger partial charge on any atom is -0.398 e. The van der Waals surface area contributed by atoms with Crippen LogP contribution in [0.5, 0.6) is 0 Å². The van der Waals surface area contributed by atoms with Gasteiger partial charge < -0.3 is 9.31 Å². The fourth-order valence-corrected chi connectivity index (χ4v) is 1.85. The van der Waals surface area contributed by atoms with Crippen LogP contribution in [0, 0.1) is 6.85 Å². The standard InChI is InChI=1S/C16H21BN2O2/c1-12-6-8-13(9-7-12)19-11-10-14(18-19)17-20-15(2,3)16(4,5)21-17/h6-11H,1-5H3/i1D3,6D,7D,8D,9D,10D,11D. The number of aromatic nitrogens is 2. The summed E-state index contributed by atoms with van der Waals surface area (Å²) in [4.78, 5) is 0. The SMILES string of the molecule is [2H]c1c([2H])c(C([2H])([2H])[2H])c([2H])c([2H])c1-n1nc(B2OC(C)(C)C(C)(C)O2)c([2H])c1[2H]. The van der Waals surface area contributed by atoms with Crippen LogP contribution in [0.3, 0.4) is 0 Å². The van der Waals surface area contributed by atoms with Gasteiger partial charge in [-0.25, -0.2) is 4.68 Å². The minimum absolute atomic E-state index is 0.0459. The summed E-state index contributed by atoms with van der Waals surface area (Å²) in [6.45, 7) is 4.40. The smallest absolute Gasteiger partial charge is 0.398 e. The van der Waals surface area contributed by atoms with Crippen LogP contribution in [-0.2, 0) is 9.31 Å². The molecule has 0 spiro atoms. The predicted molar refractivity (Wildman–Crippen MR) is 84.0 cm³/mol. The van der Waals surface area contributed by atoms with E-state index in [0.717, 1.165) is 4.68 Å². The number of hydrogen-bond donors (Lipinski definition) is 0. The van der Waals surface area contributed by atoms with Crippen molar-refractivity contribution in [3.8, 4) is 5.69 Å². The zero-order valence-electron chi connectivity index (χ0n) is 21.3. The molecule has 2 heterocycles. The summed E-state index contributed by atoms with van der Waals surface area (Å²) in [7, 11) is -1.07. The van der Waals surface area contributed by atoms with Crippen molar-refractivity contribution >= 4 is 12.7 Å². The highest BCUT2D eigenvalue weighted by Crippen LogP contribution is 2.36. The Morgan fingerprint density at radius 1 is 1.10 bits per heavy atom. The van der Waals surface area contributed by atoms with Crippen LogP contribution in [0.15, 0.2) is 36.4 Å². The number of hydrogen-bond acceptors (Lipinski definition) is 3. The molecule has 2 aromatic rings. The Labute approximate surface area is 138 Å². The Balaban J connectivity index is 2.20. The molecular formula is C16H21BN2O2. The highest BCUT2D eigenvalue weighted by atomic mass is 16.7. The summed E-state index contributed by atoms with van der Waals surface area (Å²) < 4.78 is 83.9. The quantitative estimate of drug-likeness (QED) is 0.798. The van der Waals surface area contributed by atoms with Crippen molar-refractivity contribution in [3.05, 3.63) is 41.9 Å². The molecule has 0 N–H and O–H groups in total. The summed E-state index contributed by atoms with van der Waals surface area (Å²) in [5.41, 5.74) is -2.62. The minimum atomic E-state index is -2.85. The lowest BCUT2D eigenvalue weighted by Gasteiger charge is -2.32. The van der Waals surface area contributed by atoms with Crippen molar-refractivity contribution in [1.82, 2.24) is 9.78 Å². The average molecular weight is 293 g/mol. The van der Waals surface area contributed by atoms with Crippen molar-refractivity contribution in [2.24, 2.45) is 0 Å². The number of rotatable bonds is 2. The Hall–Kier alpha value is -1.59. The second kappa shape index (κ2) is 4.72. The van der Waals surface area contributed by atoms with Crippen molar-refractivity contribution in [1.29, 1.82) is 0 Å². The molecule has 1 aromatic heterocycles. The molecule has 3 rings (SSSR count). The maximum atomic E-state index is 8.24. The second-order valence-corrected chi connectivity index (χ2v) is 5.85. The highest BCUT2D eigenvalue weighted by molar-refractivity contribution is 6.61. The second-order valence-electron chi connectivity index (χ2n) is 5.85. The molecule has 1 saturated heterocycles. The van der Waals surface area contributed by atoms with Crippen LogP contribution in [0.25, 0.3) is 5.69 Å². The van der Waals surface area contributed by atoms with E-state index >= 15 is 0 Å². The van der Waals surface area contributed by atoms with E-state index in [1.54, 1.807) is 0 Å². The summed E-state index contributed by atoms with van der Waals surface area (Å²) in [5.74, 6) is 0. The first-order chi connectivity index (χ1) is 13.5. The van der Waals surface area contributed by atoms with E-state index in [2.05, 4.69) is 5.10 Å². The molecule has 4 nitrogen and oxygen atoms in total. The summed E-state index contributed by atoms with van der Waals surface area (Å²) in [6, 6.07) is -3.18. The molecule has 0 saturated carbocycles. The predicted octanol–water partition coefficient (Wildman–Crippen LogP) is 2.48. The van der Waals surface area contributed by atoms with E-state index in [9.17, 15) is 0 Å². The van der Waals surface area contributed by atoms with Crippen LogP contribution in [0.4, 0.5) is 0 Å². The summed E-state index contributed by atoms with van der Waals surface area (Å²) in [5, 5.41) is 4.13. The third-order valence-electron chi connectivity index (χ3n) is 3.80. The molecule has 1 fully saturated rings. The lowest BCUT2D eigenvalue weighted by molar-refractivity contribution is 0.00578. The van der Waals surface area contributed by atoms with Gasteiger partial charge in [-0.1, -0.05) is 17.6 Å². The first kappa shape index (κ1) is 7.12. The summed E-state index contributed by atoms with van der Waals surface area (Å²) >= 11 is 0. The molecule has 21 heavy (non-hydrogen) atoms. The van der Waals surface area contributed by atoms with Gasteiger partial charge in [-0.15, -0.1) is 0 Å². The molecule has 0 atom stereocenters. The van der Waals surface area contributed by atoms with Crippen LogP contribution >= 0.6 is 0 Å². The molecule has 0 radical (unpaired) electrons. The molecule has 0 aliphatic carbocycles. The molecule has 1 aromatic carbocycles. The van der Waals surface area contributed by atoms with Gasteiger partial charge >= 0.3 is 7.12 Å². The van der Waals surface area contributed by atoms with Crippen LogP contribution in [0.1, 0.15) is 45.6 Å². The lowest BCUT2D eigenvalue weighted by atomic mass is 9.85. The third kappa shape index (κ3) is 2.52. The molecule has 5 heteroatoms. The molecule has 0 unspecified atom stereocenters. The Morgan fingerprint density at radius 2 is 1.71 bits per heavy atom. The maximum Gasteiger partial charge on any atom is 0.516 e. The fraction of sp³-hybridized carbons (Fsp3) is 0.438. The van der Waals surface area contributed by atoms with Gasteiger partial charge in [-0.05, 0) is 52.7 Å². The zero-order valence-corrected chi connectivity index (χ0v) is 12.3. The van der Waals surface area contributed by atoms with E-state index in [1.165, 1.54) is 0 Å². The van der Waals surface area contributed by atoms with Gasteiger partial charge in [0.2, 0.25) is 0 Å². The van der Waals surface area contributed by atoms with Gasteiger partial charge in [-0.2, -0.15) is 5.10 Å². The molecular weight excluding hydrogens is 263 g/mol. The van der Waals surface area contributed by atoms with Gasteiger partial charge in [0.15, 0.2) is 0 Å². The van der Waals surface area contributed by atoms with Crippen LogP contribution < -0.4 is 5.59 Å². The van der Waals surface area contributed by atoms with Crippen molar-refractivity contribution in [3.63, 3.8) is 0 Å².